The molecule has 24 heavy (non-hydrogen) atoms. The number of anilines is 1. The van der Waals surface area contributed by atoms with E-state index in [-0.39, 0.29) is 11.7 Å². The van der Waals surface area contributed by atoms with Crippen molar-refractivity contribution in [3.63, 3.8) is 0 Å². The molecule has 0 aliphatic carbocycles. The Bertz CT molecular complexity index is 1010. The second kappa shape index (κ2) is 6.33. The molecule has 6 heteroatoms. The highest BCUT2D eigenvalue weighted by molar-refractivity contribution is 7.99. The van der Waals surface area contributed by atoms with Crippen molar-refractivity contribution in [1.82, 2.24) is 9.97 Å². The average molecular weight is 335 g/mol. The third-order valence-corrected chi connectivity index (χ3v) is 4.41. The van der Waals surface area contributed by atoms with E-state index < -0.39 is 0 Å². The van der Waals surface area contributed by atoms with Gasteiger partial charge in [0.25, 0.3) is 0 Å². The molecule has 1 N–H and O–H groups in total. The van der Waals surface area contributed by atoms with Crippen molar-refractivity contribution in [3.05, 3.63) is 60.9 Å². The van der Waals surface area contributed by atoms with Gasteiger partial charge in [-0.25, -0.2) is 9.97 Å². The Balaban J connectivity index is 1.51. The lowest BCUT2D eigenvalue weighted by Gasteiger charge is -2.04. The molecule has 0 aliphatic heterocycles. The van der Waals surface area contributed by atoms with Gasteiger partial charge in [0.15, 0.2) is 5.16 Å². The van der Waals surface area contributed by atoms with Crippen molar-refractivity contribution in [2.24, 2.45) is 0 Å². The Morgan fingerprint density at radius 3 is 2.67 bits per heavy atom. The summed E-state index contributed by atoms with van der Waals surface area (Å²) in [5.41, 5.74) is 2.39. The number of thioether (sulfide) groups is 1. The average Bonchev–Trinajstić information content (AvgIpc) is 2.99. The number of benzene rings is 2. The number of carbonyl (C=O) groups excluding carboxylic acids is 1. The van der Waals surface area contributed by atoms with E-state index in [9.17, 15) is 4.79 Å². The highest BCUT2D eigenvalue weighted by atomic mass is 32.2. The molecule has 0 unspecified atom stereocenters. The third kappa shape index (κ3) is 2.96. The van der Waals surface area contributed by atoms with Crippen molar-refractivity contribution in [3.8, 4) is 0 Å². The maximum atomic E-state index is 12.1. The number of para-hydroxylation sites is 1. The van der Waals surface area contributed by atoms with Crippen LogP contribution in [0.4, 0.5) is 5.69 Å². The lowest BCUT2D eigenvalue weighted by molar-refractivity contribution is -0.113. The number of fused-ring (bicyclic) bond motifs is 3. The van der Waals surface area contributed by atoms with Crippen LogP contribution in [0, 0.1) is 0 Å². The second-order valence-electron chi connectivity index (χ2n) is 5.18. The smallest absolute Gasteiger partial charge is 0.234 e. The molecular weight excluding hydrogens is 322 g/mol. The zero-order valence-corrected chi connectivity index (χ0v) is 13.4. The van der Waals surface area contributed by atoms with Crippen LogP contribution >= 0.6 is 11.8 Å². The molecule has 0 saturated carbocycles. The fourth-order valence-electron chi connectivity index (χ4n) is 2.49. The Hall–Kier alpha value is -2.86. The number of amides is 1. The molecule has 4 rings (SSSR count). The minimum absolute atomic E-state index is 0.0976. The molecule has 2 aromatic carbocycles. The minimum atomic E-state index is -0.0976. The first-order valence-corrected chi connectivity index (χ1v) is 8.39. The van der Waals surface area contributed by atoms with Crippen molar-refractivity contribution >= 4 is 45.3 Å². The number of hydrogen-bond donors (Lipinski definition) is 1. The maximum absolute atomic E-state index is 12.1. The van der Waals surface area contributed by atoms with Gasteiger partial charge in [0, 0.05) is 28.9 Å². The Labute approximate surface area is 142 Å². The van der Waals surface area contributed by atoms with Crippen molar-refractivity contribution in [2.75, 3.05) is 11.1 Å². The lowest BCUT2D eigenvalue weighted by atomic mass is 10.1. The zero-order valence-electron chi connectivity index (χ0n) is 12.6. The molecule has 0 radical (unpaired) electrons. The number of rotatable bonds is 4. The van der Waals surface area contributed by atoms with Crippen LogP contribution < -0.4 is 5.32 Å². The van der Waals surface area contributed by atoms with Gasteiger partial charge in [0.2, 0.25) is 5.91 Å². The molecule has 2 aromatic heterocycles. The van der Waals surface area contributed by atoms with E-state index in [1.54, 1.807) is 18.5 Å². The minimum Gasteiger partial charge on any atom is -0.456 e. The highest BCUT2D eigenvalue weighted by Crippen LogP contribution is 2.30. The molecule has 0 fully saturated rings. The number of carbonyl (C=O) groups is 1. The SMILES string of the molecule is O=C(CSc1ncccn1)Nc1ccc2oc3ccccc3c2c1. The van der Waals surface area contributed by atoms with Crippen molar-refractivity contribution < 1.29 is 9.21 Å². The first-order chi connectivity index (χ1) is 11.8. The predicted octanol–water partition coefficient (Wildman–Crippen LogP) is 4.11. The van der Waals surface area contributed by atoms with Gasteiger partial charge in [-0.2, -0.15) is 0 Å². The van der Waals surface area contributed by atoms with E-state index in [2.05, 4.69) is 15.3 Å². The third-order valence-electron chi connectivity index (χ3n) is 3.53. The molecule has 0 aliphatic rings. The molecule has 2 heterocycles. The highest BCUT2D eigenvalue weighted by Gasteiger charge is 2.09. The number of aromatic nitrogens is 2. The van der Waals surface area contributed by atoms with Gasteiger partial charge in [-0.1, -0.05) is 30.0 Å². The van der Waals surface area contributed by atoms with Crippen molar-refractivity contribution in [1.29, 1.82) is 0 Å². The number of furan rings is 1. The van der Waals surface area contributed by atoms with Gasteiger partial charge >= 0.3 is 0 Å². The summed E-state index contributed by atoms with van der Waals surface area (Å²) >= 11 is 1.30. The second-order valence-corrected chi connectivity index (χ2v) is 6.12. The van der Waals surface area contributed by atoms with E-state index in [4.69, 9.17) is 4.42 Å². The number of hydrogen-bond acceptors (Lipinski definition) is 5. The van der Waals surface area contributed by atoms with Gasteiger partial charge in [-0.3, -0.25) is 4.79 Å². The quantitative estimate of drug-likeness (QED) is 0.449. The summed E-state index contributed by atoms with van der Waals surface area (Å²) in [6.45, 7) is 0. The van der Waals surface area contributed by atoms with Gasteiger partial charge in [-0.05, 0) is 30.3 Å². The summed E-state index contributed by atoms with van der Waals surface area (Å²) in [4.78, 5) is 20.3. The van der Waals surface area contributed by atoms with Crippen molar-refractivity contribution in [2.45, 2.75) is 5.16 Å². The van der Waals surface area contributed by atoms with Crippen LogP contribution in [0.25, 0.3) is 21.9 Å². The normalized spacial score (nSPS) is 11.0. The molecule has 0 spiro atoms. The summed E-state index contributed by atoms with van der Waals surface area (Å²) in [7, 11) is 0. The summed E-state index contributed by atoms with van der Waals surface area (Å²) in [6, 6.07) is 15.2. The monoisotopic (exact) mass is 335 g/mol. The Morgan fingerprint density at radius 1 is 1.00 bits per heavy atom. The van der Waals surface area contributed by atoms with Gasteiger partial charge < -0.3 is 9.73 Å². The van der Waals surface area contributed by atoms with Gasteiger partial charge in [0.05, 0.1) is 5.75 Å². The predicted molar refractivity (Wildman–Crippen MR) is 95.1 cm³/mol. The standard InChI is InChI=1S/C18H13N3O2S/c22-17(11-24-18-19-8-3-9-20-18)21-12-6-7-16-14(10-12)13-4-1-2-5-15(13)23-16/h1-10H,11H2,(H,21,22). The maximum Gasteiger partial charge on any atom is 0.234 e. The zero-order chi connectivity index (χ0) is 16.4. The van der Waals surface area contributed by atoms with E-state index in [0.29, 0.717) is 5.16 Å². The number of nitrogens with one attached hydrogen (secondary N) is 1. The van der Waals surface area contributed by atoms with Crippen LogP contribution in [-0.4, -0.2) is 21.6 Å². The lowest BCUT2D eigenvalue weighted by Crippen LogP contribution is -2.14. The van der Waals surface area contributed by atoms with Crippen LogP contribution in [0.3, 0.4) is 0 Å². The Morgan fingerprint density at radius 2 is 1.79 bits per heavy atom. The largest absolute Gasteiger partial charge is 0.456 e. The van der Waals surface area contributed by atoms with E-state index in [0.717, 1.165) is 27.6 Å². The van der Waals surface area contributed by atoms with Crippen LogP contribution in [0.5, 0.6) is 0 Å². The van der Waals surface area contributed by atoms with E-state index in [1.807, 2.05) is 42.5 Å². The molecular formula is C18H13N3O2S. The molecule has 1 amide bonds. The van der Waals surface area contributed by atoms with E-state index >= 15 is 0 Å². The first-order valence-electron chi connectivity index (χ1n) is 7.40. The van der Waals surface area contributed by atoms with E-state index in [1.165, 1.54) is 11.8 Å². The molecule has 4 aromatic rings. The van der Waals surface area contributed by atoms with Crippen LogP contribution in [0.15, 0.2) is 70.5 Å². The van der Waals surface area contributed by atoms with Gasteiger partial charge in [0.1, 0.15) is 11.2 Å². The summed E-state index contributed by atoms with van der Waals surface area (Å²) in [6.07, 6.45) is 3.32. The topological polar surface area (TPSA) is 68.0 Å². The first kappa shape index (κ1) is 14.7. The van der Waals surface area contributed by atoms with Crippen LogP contribution in [-0.2, 0) is 4.79 Å². The summed E-state index contributed by atoms with van der Waals surface area (Å²) < 4.78 is 5.78. The van der Waals surface area contributed by atoms with Crippen LogP contribution in [0.1, 0.15) is 0 Å². The summed E-state index contributed by atoms with van der Waals surface area (Å²) in [5, 5.41) is 5.51. The molecule has 0 bridgehead atoms. The van der Waals surface area contributed by atoms with Crippen LogP contribution in [0.2, 0.25) is 0 Å². The molecule has 118 valence electrons. The fourth-order valence-corrected chi connectivity index (χ4v) is 3.09. The number of nitrogens with zero attached hydrogens (tertiary/aromatic N) is 2. The Kier molecular flexibility index (Phi) is 3.88. The van der Waals surface area contributed by atoms with Gasteiger partial charge in [-0.15, -0.1) is 0 Å². The molecule has 0 atom stereocenters. The summed E-state index contributed by atoms with van der Waals surface area (Å²) in [5.74, 6) is 0.161. The molecule has 0 saturated heterocycles. The molecule has 5 nitrogen and oxygen atoms in total. The fraction of sp³-hybridized carbons (Fsp3) is 0.0556.